The number of nitrogen functional groups attached to an aromatic ring is 1. The van der Waals surface area contributed by atoms with Crippen LogP contribution in [-0.2, 0) is 11.3 Å². The first-order valence-corrected chi connectivity index (χ1v) is 9.49. The summed E-state index contributed by atoms with van der Waals surface area (Å²) in [6.07, 6.45) is 1.76. The van der Waals surface area contributed by atoms with Gasteiger partial charge in [-0.3, -0.25) is 9.59 Å². The van der Waals surface area contributed by atoms with Crippen LogP contribution in [0.25, 0.3) is 6.08 Å². The van der Waals surface area contributed by atoms with Crippen LogP contribution in [0.5, 0.6) is 0 Å². The summed E-state index contributed by atoms with van der Waals surface area (Å²) >= 11 is 0. The van der Waals surface area contributed by atoms with Crippen molar-refractivity contribution < 1.29 is 4.79 Å². The summed E-state index contributed by atoms with van der Waals surface area (Å²) in [6, 6.07) is 8.43. The van der Waals surface area contributed by atoms with E-state index in [-0.39, 0.29) is 30.1 Å². The third kappa shape index (κ3) is 4.08. The van der Waals surface area contributed by atoms with Gasteiger partial charge < -0.3 is 15.5 Å². The lowest BCUT2D eigenvalue weighted by molar-refractivity contribution is -0.131. The molecule has 148 valence electrons. The second-order valence-electron chi connectivity index (χ2n) is 7.10. The average molecular weight is 381 g/mol. The van der Waals surface area contributed by atoms with E-state index >= 15 is 0 Å². The van der Waals surface area contributed by atoms with Crippen molar-refractivity contribution in [2.45, 2.75) is 26.8 Å². The molecule has 0 unspecified atom stereocenters. The fraction of sp³-hybridized carbons (Fsp3) is 0.381. The van der Waals surface area contributed by atoms with Gasteiger partial charge in [-0.1, -0.05) is 30.4 Å². The van der Waals surface area contributed by atoms with Gasteiger partial charge in [-0.25, -0.2) is 4.68 Å². The van der Waals surface area contributed by atoms with Crippen LogP contribution in [0, 0.1) is 13.8 Å². The molecule has 0 aliphatic carbocycles. The summed E-state index contributed by atoms with van der Waals surface area (Å²) in [5, 5.41) is 4.25. The second-order valence-corrected chi connectivity index (χ2v) is 7.10. The van der Waals surface area contributed by atoms with Crippen LogP contribution >= 0.6 is 0 Å². The van der Waals surface area contributed by atoms with Crippen molar-refractivity contribution in [3.63, 3.8) is 0 Å². The molecule has 0 bridgehead atoms. The highest BCUT2D eigenvalue weighted by Gasteiger charge is 2.21. The molecule has 0 radical (unpaired) electrons. The number of carbonyl (C=O) groups is 1. The van der Waals surface area contributed by atoms with Crippen LogP contribution in [0.2, 0.25) is 0 Å². The molecule has 0 saturated carbocycles. The molecule has 2 heterocycles. The lowest BCUT2D eigenvalue weighted by atomic mass is 10.2. The van der Waals surface area contributed by atoms with Gasteiger partial charge in [0.1, 0.15) is 5.69 Å². The Kier molecular flexibility index (Phi) is 5.82. The molecule has 2 N–H and O–H groups in total. The summed E-state index contributed by atoms with van der Waals surface area (Å²) in [5.74, 6) is 0.0290. The molecule has 28 heavy (non-hydrogen) atoms. The molecule has 1 aliphatic heterocycles. The normalized spacial score (nSPS) is 14.2. The van der Waals surface area contributed by atoms with Crippen LogP contribution in [0.15, 0.2) is 35.6 Å². The minimum atomic E-state index is -0.377. The molecule has 3 rings (SSSR count). The van der Waals surface area contributed by atoms with Crippen molar-refractivity contribution in [2.75, 3.05) is 36.8 Å². The number of benzene rings is 1. The number of piperazine rings is 1. The smallest absolute Gasteiger partial charge is 0.290 e. The molecule has 2 aromatic rings. The van der Waals surface area contributed by atoms with Gasteiger partial charge in [0.25, 0.3) is 5.56 Å². The first kappa shape index (κ1) is 19.7. The van der Waals surface area contributed by atoms with Gasteiger partial charge in [0.05, 0.1) is 12.2 Å². The first-order chi connectivity index (χ1) is 13.4. The zero-order chi connectivity index (χ0) is 20.3. The number of hydrogen-bond acceptors (Lipinski definition) is 5. The Morgan fingerprint density at radius 1 is 1.18 bits per heavy atom. The van der Waals surface area contributed by atoms with Crippen molar-refractivity contribution >= 4 is 23.4 Å². The molecule has 1 aliphatic rings. The second kappa shape index (κ2) is 8.29. The van der Waals surface area contributed by atoms with E-state index in [0.717, 1.165) is 13.1 Å². The molecule has 1 aromatic heterocycles. The Morgan fingerprint density at radius 2 is 1.82 bits per heavy atom. The van der Waals surface area contributed by atoms with Crippen molar-refractivity contribution in [1.82, 2.24) is 14.7 Å². The van der Waals surface area contributed by atoms with E-state index in [1.165, 1.54) is 22.0 Å². The number of rotatable bonds is 5. The zero-order valence-corrected chi connectivity index (χ0v) is 16.5. The van der Waals surface area contributed by atoms with Crippen molar-refractivity contribution in [2.24, 2.45) is 0 Å². The predicted octanol–water partition coefficient (Wildman–Crippen LogP) is 1.82. The van der Waals surface area contributed by atoms with E-state index < -0.39 is 0 Å². The molecule has 1 saturated heterocycles. The standard InChI is InChI=1S/C21H27N5O2/c1-4-18-16(3)23-26(21(28)20(18)22)10-9-19(27)25-13-11-24(12-14-25)17-7-5-15(2)6-8-17/h4-8H,1,9-14,22H2,2-3H3. The number of nitrogens with zero attached hydrogens (tertiary/aromatic N) is 4. The van der Waals surface area contributed by atoms with Gasteiger partial charge in [0.2, 0.25) is 5.91 Å². The van der Waals surface area contributed by atoms with Gasteiger partial charge in [0.15, 0.2) is 0 Å². The SMILES string of the molecule is C=Cc1c(C)nn(CCC(=O)N2CCN(c3ccc(C)cc3)CC2)c(=O)c1N. The lowest BCUT2D eigenvalue weighted by Crippen LogP contribution is -2.49. The van der Waals surface area contributed by atoms with E-state index in [1.807, 2.05) is 4.90 Å². The number of amides is 1. The fourth-order valence-corrected chi connectivity index (χ4v) is 3.47. The molecule has 0 atom stereocenters. The van der Waals surface area contributed by atoms with Gasteiger partial charge in [0, 0.05) is 43.9 Å². The van der Waals surface area contributed by atoms with Crippen LogP contribution in [0.1, 0.15) is 23.2 Å². The first-order valence-electron chi connectivity index (χ1n) is 9.49. The maximum atomic E-state index is 12.6. The van der Waals surface area contributed by atoms with Gasteiger partial charge in [-0.15, -0.1) is 0 Å². The van der Waals surface area contributed by atoms with E-state index in [2.05, 4.69) is 47.8 Å². The lowest BCUT2D eigenvalue weighted by Gasteiger charge is -2.36. The van der Waals surface area contributed by atoms with Crippen LogP contribution in [0.4, 0.5) is 11.4 Å². The summed E-state index contributed by atoms with van der Waals surface area (Å²) in [6.45, 7) is 10.7. The van der Waals surface area contributed by atoms with E-state index in [4.69, 9.17) is 5.73 Å². The van der Waals surface area contributed by atoms with Crippen LogP contribution < -0.4 is 16.2 Å². The summed E-state index contributed by atoms with van der Waals surface area (Å²) in [5.41, 5.74) is 9.23. The van der Waals surface area contributed by atoms with E-state index in [9.17, 15) is 9.59 Å². The summed E-state index contributed by atoms with van der Waals surface area (Å²) < 4.78 is 1.28. The highest BCUT2D eigenvalue weighted by atomic mass is 16.2. The Hall–Kier alpha value is -3.09. The van der Waals surface area contributed by atoms with Crippen molar-refractivity contribution in [1.29, 1.82) is 0 Å². The number of aromatic nitrogens is 2. The Balaban J connectivity index is 1.57. The Bertz CT molecular complexity index is 925. The third-order valence-corrected chi connectivity index (χ3v) is 5.19. The predicted molar refractivity (Wildman–Crippen MR) is 112 cm³/mol. The maximum absolute atomic E-state index is 12.6. The van der Waals surface area contributed by atoms with E-state index in [0.29, 0.717) is 24.3 Å². The largest absolute Gasteiger partial charge is 0.394 e. The van der Waals surface area contributed by atoms with E-state index in [1.54, 1.807) is 6.92 Å². The van der Waals surface area contributed by atoms with Crippen molar-refractivity contribution in [3.8, 4) is 0 Å². The Labute approximate surface area is 165 Å². The minimum absolute atomic E-state index is 0.0290. The molecule has 7 heteroatoms. The topological polar surface area (TPSA) is 84.5 Å². The molecule has 0 spiro atoms. The molecular weight excluding hydrogens is 354 g/mol. The highest BCUT2D eigenvalue weighted by molar-refractivity contribution is 5.76. The number of aryl methyl sites for hydroxylation is 3. The number of carbonyl (C=O) groups excluding carboxylic acids is 1. The quantitative estimate of drug-likeness (QED) is 0.854. The van der Waals surface area contributed by atoms with Crippen LogP contribution in [-0.4, -0.2) is 46.8 Å². The molecule has 1 amide bonds. The fourth-order valence-electron chi connectivity index (χ4n) is 3.47. The minimum Gasteiger partial charge on any atom is -0.394 e. The summed E-state index contributed by atoms with van der Waals surface area (Å²) in [4.78, 5) is 29.0. The highest BCUT2D eigenvalue weighted by Crippen LogP contribution is 2.17. The Morgan fingerprint density at radius 3 is 2.43 bits per heavy atom. The molecule has 7 nitrogen and oxygen atoms in total. The van der Waals surface area contributed by atoms with Crippen molar-refractivity contribution in [3.05, 3.63) is 58.0 Å². The number of anilines is 2. The maximum Gasteiger partial charge on any atom is 0.290 e. The molecule has 1 aromatic carbocycles. The zero-order valence-electron chi connectivity index (χ0n) is 16.5. The van der Waals surface area contributed by atoms with Gasteiger partial charge in [-0.05, 0) is 26.0 Å². The molecular formula is C21H27N5O2. The van der Waals surface area contributed by atoms with Crippen LogP contribution in [0.3, 0.4) is 0 Å². The number of hydrogen-bond donors (Lipinski definition) is 1. The average Bonchev–Trinajstić information content (AvgIpc) is 2.70. The van der Waals surface area contributed by atoms with Gasteiger partial charge >= 0.3 is 0 Å². The monoisotopic (exact) mass is 381 g/mol. The molecule has 1 fully saturated rings. The number of nitrogens with two attached hydrogens (primary N) is 1. The summed E-state index contributed by atoms with van der Waals surface area (Å²) in [7, 11) is 0. The third-order valence-electron chi connectivity index (χ3n) is 5.19. The van der Waals surface area contributed by atoms with Gasteiger partial charge in [-0.2, -0.15) is 5.10 Å².